The van der Waals surface area contributed by atoms with E-state index < -0.39 is 105 Å². The molecular weight excluding hydrogens is 1280 g/mol. The van der Waals surface area contributed by atoms with Crippen LogP contribution >= 0.6 is 0 Å². The molecule has 90 heavy (non-hydrogen) atoms. The van der Waals surface area contributed by atoms with E-state index in [1.165, 1.54) is 12.1 Å². The number of aromatic nitrogens is 2. The van der Waals surface area contributed by atoms with Crippen LogP contribution in [0.25, 0.3) is 22.3 Å². The van der Waals surface area contributed by atoms with E-state index in [9.17, 15) is 58.1 Å². The predicted molar refractivity (Wildman–Crippen MR) is 326 cm³/mol. The summed E-state index contributed by atoms with van der Waals surface area (Å²) in [5.41, 5.74) is 6.01. The van der Waals surface area contributed by atoms with E-state index in [2.05, 4.69) is 75.1 Å². The van der Waals surface area contributed by atoms with Gasteiger partial charge in [-0.25, -0.2) is 18.4 Å². The third-order valence-corrected chi connectivity index (χ3v) is 15.7. The lowest BCUT2D eigenvalue weighted by Crippen LogP contribution is -2.32. The highest BCUT2D eigenvalue weighted by Crippen LogP contribution is 2.49. The number of carbonyl (C=O) groups excluding carboxylic acids is 6. The van der Waals surface area contributed by atoms with Gasteiger partial charge in [-0.15, -0.1) is 25.3 Å². The van der Waals surface area contributed by atoms with Gasteiger partial charge < -0.3 is 30.7 Å². The van der Waals surface area contributed by atoms with E-state index in [1.807, 2.05) is 68.7 Å². The summed E-state index contributed by atoms with van der Waals surface area (Å²) < 4.78 is 152. The fourth-order valence-electron chi connectivity index (χ4n) is 9.60. The molecule has 6 N–H and O–H groups in total. The van der Waals surface area contributed by atoms with Crippen molar-refractivity contribution >= 4 is 98.4 Å². The maximum atomic E-state index is 13.3. The molecule has 0 spiro atoms. The molecule has 0 fully saturated rings. The quantitative estimate of drug-likeness (QED) is 0.0240. The molecule has 0 bridgehead atoms. The van der Waals surface area contributed by atoms with E-state index in [0.717, 1.165) is 59.6 Å². The number of nitrogens with one attached hydrogen (secondary N) is 4. The number of allylic oxidation sites excluding steroid dienone is 6. The van der Waals surface area contributed by atoms with Gasteiger partial charge in [0.15, 0.2) is 5.71 Å². The maximum absolute atomic E-state index is 13.3. The smallest absolute Gasteiger partial charge is 0.425 e. The normalized spacial score (nSPS) is 14.2. The van der Waals surface area contributed by atoms with Crippen LogP contribution in [0, 0.1) is 0 Å². The van der Waals surface area contributed by atoms with Gasteiger partial charge >= 0.3 is 27.4 Å². The molecule has 29 nitrogen and oxygen atoms in total. The Labute approximate surface area is 523 Å². The first-order valence-corrected chi connectivity index (χ1v) is 34.1. The van der Waals surface area contributed by atoms with E-state index in [1.54, 1.807) is 24.3 Å². The average molecular weight is 1350 g/mol. The van der Waals surface area contributed by atoms with Gasteiger partial charge in [0, 0.05) is 79.4 Å². The van der Waals surface area contributed by atoms with Crippen molar-refractivity contribution in [3.63, 3.8) is 0 Å². The number of rotatable bonds is 25. The van der Waals surface area contributed by atoms with Crippen molar-refractivity contribution in [1.82, 2.24) is 31.2 Å². The van der Waals surface area contributed by atoms with E-state index in [4.69, 9.17) is 34.8 Å². The fraction of sp³-hybridized carbons (Fsp3) is 0.393. The molecule has 0 aliphatic carbocycles. The van der Waals surface area contributed by atoms with Crippen molar-refractivity contribution in [2.45, 2.75) is 85.0 Å². The second-order valence-corrected chi connectivity index (χ2v) is 26.1. The minimum absolute atomic E-state index is 0.00985. The first kappa shape index (κ1) is 75.9. The number of hydrogen-bond donors (Lipinski definition) is 6. The molecular formula is C56H68N8O21S5. The van der Waals surface area contributed by atoms with Gasteiger partial charge in [-0.3, -0.25) is 28.3 Å². The topological polar surface area (TPSA) is 451 Å². The van der Waals surface area contributed by atoms with Crippen LogP contribution in [0.15, 0.2) is 96.7 Å². The molecule has 2 aliphatic rings. The SMILES string of the molecule is CCCCCN1/C(=C/C=C/C=C/C2=[N+](CCCS(=O)(=O)[O-])c3ccc(-c4cc(C(=O)NCCS(=O)(=O)O)nc(C(=O)NCCS(=O)(=O)O)c4)cc3C2(C)C)C(C)(C)c2cc(-c3cc(C(=O)NCC)nc(C(=O)NCC)c3)ccc21.O=C=O.O=S(=O)=O.O=S(=O)=O. The summed E-state index contributed by atoms with van der Waals surface area (Å²) in [6, 6.07) is 17.6. The summed E-state index contributed by atoms with van der Waals surface area (Å²) >= 11 is 0. The lowest BCUT2D eigenvalue weighted by molar-refractivity contribution is -0.437. The molecule has 0 atom stereocenters. The molecule has 0 unspecified atom stereocenters. The van der Waals surface area contributed by atoms with E-state index >= 15 is 0 Å². The Morgan fingerprint density at radius 2 is 1.03 bits per heavy atom. The molecule has 488 valence electrons. The van der Waals surface area contributed by atoms with E-state index in [-0.39, 0.29) is 53.7 Å². The molecule has 4 aromatic rings. The molecule has 2 aliphatic heterocycles. The number of hydrogen-bond acceptors (Lipinski definition) is 22. The van der Waals surface area contributed by atoms with Crippen LogP contribution in [0.4, 0.5) is 11.4 Å². The molecule has 2 aromatic heterocycles. The van der Waals surface area contributed by atoms with Crippen molar-refractivity contribution in [3.05, 3.63) is 131 Å². The number of fused-ring (bicyclic) bond motifs is 2. The summed E-state index contributed by atoms with van der Waals surface area (Å²) in [6.07, 6.45) is 13.0. The van der Waals surface area contributed by atoms with Crippen LogP contribution in [0.1, 0.15) is 127 Å². The lowest BCUT2D eigenvalue weighted by atomic mass is 9.80. The third kappa shape index (κ3) is 23.2. The summed E-state index contributed by atoms with van der Waals surface area (Å²) in [5.74, 6) is -4.74. The number of anilines is 1. The monoisotopic (exact) mass is 1350 g/mol. The Bertz CT molecular complexity index is 3960. The van der Waals surface area contributed by atoms with Crippen LogP contribution in [0.3, 0.4) is 0 Å². The highest BCUT2D eigenvalue weighted by atomic mass is 32.2. The number of pyridine rings is 2. The van der Waals surface area contributed by atoms with Gasteiger partial charge in [0.25, 0.3) is 43.9 Å². The zero-order valence-electron chi connectivity index (χ0n) is 49.8. The highest BCUT2D eigenvalue weighted by Gasteiger charge is 2.45. The van der Waals surface area contributed by atoms with Crippen molar-refractivity contribution in [3.8, 4) is 22.3 Å². The minimum atomic E-state index is -4.55. The molecule has 0 radical (unpaired) electrons. The molecule has 0 saturated carbocycles. The number of carbonyl (C=O) groups is 4. The van der Waals surface area contributed by atoms with Gasteiger partial charge in [0.05, 0.1) is 27.0 Å². The van der Waals surface area contributed by atoms with E-state index in [0.29, 0.717) is 35.5 Å². The largest absolute Gasteiger partial charge is 0.748 e. The maximum Gasteiger partial charge on any atom is 0.425 e. The molecule has 2 aromatic carbocycles. The summed E-state index contributed by atoms with van der Waals surface area (Å²) in [5, 5.41) is 10.3. The Balaban J connectivity index is 0.00000178. The summed E-state index contributed by atoms with van der Waals surface area (Å²) in [4.78, 5) is 79.8. The fourth-order valence-corrected chi connectivity index (χ4v) is 10.8. The van der Waals surface area contributed by atoms with Crippen molar-refractivity contribution < 1.29 is 97.5 Å². The minimum Gasteiger partial charge on any atom is -0.748 e. The zero-order chi connectivity index (χ0) is 68.0. The Hall–Kier alpha value is -8.34. The molecule has 4 heterocycles. The van der Waals surface area contributed by atoms with Crippen molar-refractivity contribution in [1.29, 1.82) is 0 Å². The number of benzene rings is 2. The lowest BCUT2D eigenvalue weighted by Gasteiger charge is -2.27. The Kier molecular flexibility index (Phi) is 28.7. The third-order valence-electron chi connectivity index (χ3n) is 13.5. The second-order valence-electron chi connectivity index (χ2n) is 20.6. The van der Waals surface area contributed by atoms with Crippen LogP contribution in [-0.4, -0.2) is 171 Å². The standard InChI is InChI=1S/C55H68N8O13S3.CO2.2O3S/c1-8-11-15-25-62-46-21-19-36(38-32-42(50(64)56-9-2)60-43(33-38)51(65)57-10-3)30-40(46)54(4,5)48(62)17-13-12-14-18-49-55(6,7)41-31-37(20-22-47(41)63(49)26-16-27-77(68,69)70)39-34-44(52(66)58-23-28-78(71,72)73)61-45(35-39)53(67)59-24-29-79(74,75)76;2-1-3;2*1-4(2)3/h12-14,17-22,30-35H,8-11,15-16,23-29H2,1-7H3,(H6-,56,57,58,59,64,65,66,67,68,69,70,71,72,73,74,75,76);;;. The second kappa shape index (κ2) is 34.0. The van der Waals surface area contributed by atoms with Crippen LogP contribution < -0.4 is 26.2 Å². The van der Waals surface area contributed by atoms with Crippen LogP contribution in [0.5, 0.6) is 0 Å². The summed E-state index contributed by atoms with van der Waals surface area (Å²) in [6.45, 7) is 14.7. The Morgan fingerprint density at radius 1 is 0.600 bits per heavy atom. The van der Waals surface area contributed by atoms with Gasteiger partial charge in [-0.2, -0.15) is 31.0 Å². The predicted octanol–water partition coefficient (Wildman–Crippen LogP) is 3.25. The van der Waals surface area contributed by atoms with Crippen molar-refractivity contribution in [2.75, 3.05) is 61.4 Å². The van der Waals surface area contributed by atoms with Gasteiger partial charge in [-0.1, -0.05) is 57.9 Å². The van der Waals surface area contributed by atoms with Crippen molar-refractivity contribution in [2.24, 2.45) is 0 Å². The van der Waals surface area contributed by atoms with Gasteiger partial charge in [-0.05, 0) is 117 Å². The molecule has 34 heteroatoms. The first-order chi connectivity index (χ1) is 42.0. The molecule has 4 amide bonds. The van der Waals surface area contributed by atoms with Crippen LogP contribution in [-0.2, 0) is 72.0 Å². The highest BCUT2D eigenvalue weighted by molar-refractivity contribution is 7.86. The van der Waals surface area contributed by atoms with Crippen LogP contribution in [0.2, 0.25) is 0 Å². The van der Waals surface area contributed by atoms with Gasteiger partial charge in [0.2, 0.25) is 5.69 Å². The molecule has 0 saturated heterocycles. The zero-order valence-corrected chi connectivity index (χ0v) is 53.9. The van der Waals surface area contributed by atoms with Gasteiger partial charge in [0.1, 0.15) is 29.3 Å². The number of nitrogens with zero attached hydrogens (tertiary/aromatic N) is 4. The number of unbranched alkanes of at least 4 members (excludes halogenated alkanes) is 2. The first-order valence-electron chi connectivity index (χ1n) is 27.3. The number of amides is 4. The Morgan fingerprint density at radius 3 is 1.46 bits per heavy atom. The molecule has 6 rings (SSSR count). The summed E-state index contributed by atoms with van der Waals surface area (Å²) in [7, 11) is -19.6. The average Bonchev–Trinajstić information content (AvgIpc) is 1.59.